The predicted molar refractivity (Wildman–Crippen MR) is 197 cm³/mol. The molecule has 6 rings (SSSR count). The Morgan fingerprint density at radius 3 is 2.25 bits per heavy atom. The first-order valence-corrected chi connectivity index (χ1v) is 17.8. The smallest absolute Gasteiger partial charge is 0.407 e. The van der Waals surface area contributed by atoms with E-state index in [0.29, 0.717) is 57.0 Å². The number of nitrogens with zero attached hydrogens (tertiary/aromatic N) is 3. The fourth-order valence-electron chi connectivity index (χ4n) is 6.93. The summed E-state index contributed by atoms with van der Waals surface area (Å²) in [5.74, 6) is -2.17. The van der Waals surface area contributed by atoms with Gasteiger partial charge in [-0.1, -0.05) is 48.5 Å². The van der Waals surface area contributed by atoms with Gasteiger partial charge in [0.05, 0.1) is 31.0 Å². The Balaban J connectivity index is 0.814. The number of piperazine rings is 1. The lowest BCUT2D eigenvalue weighted by atomic mass is 9.98. The second-order valence-electron chi connectivity index (χ2n) is 12.9. The van der Waals surface area contributed by atoms with E-state index in [9.17, 15) is 24.3 Å². The van der Waals surface area contributed by atoms with Crippen molar-refractivity contribution < 1.29 is 38.1 Å². The van der Waals surface area contributed by atoms with Gasteiger partial charge >= 0.3 is 12.1 Å². The van der Waals surface area contributed by atoms with Crippen molar-refractivity contribution in [3.8, 4) is 11.1 Å². The Morgan fingerprint density at radius 1 is 0.887 bits per heavy atom. The van der Waals surface area contributed by atoms with E-state index in [-0.39, 0.29) is 62.4 Å². The number of anilines is 1. The highest BCUT2D eigenvalue weighted by atomic mass is 19.1. The monoisotopic (exact) mass is 729 g/mol. The summed E-state index contributed by atoms with van der Waals surface area (Å²) >= 11 is 0. The predicted octanol–water partition coefficient (Wildman–Crippen LogP) is 3.67. The zero-order valence-corrected chi connectivity index (χ0v) is 29.6. The van der Waals surface area contributed by atoms with Crippen molar-refractivity contribution >= 4 is 34.6 Å². The number of nitrogens with one attached hydrogen (secondary N) is 2. The molecule has 0 spiro atoms. The van der Waals surface area contributed by atoms with Crippen molar-refractivity contribution in [1.29, 1.82) is 0 Å². The minimum Gasteiger partial charge on any atom is -0.477 e. The Bertz CT molecular complexity index is 1970. The maximum absolute atomic E-state index is 15.2. The van der Waals surface area contributed by atoms with Crippen molar-refractivity contribution in [2.75, 3.05) is 83.7 Å². The molecule has 13 nitrogen and oxygen atoms in total. The minimum absolute atomic E-state index is 0.00537. The highest BCUT2D eigenvalue weighted by Crippen LogP contribution is 2.44. The number of ether oxygens (including phenoxy) is 3. The Kier molecular flexibility index (Phi) is 12.3. The maximum atomic E-state index is 15.2. The van der Waals surface area contributed by atoms with Crippen LogP contribution in [0.15, 0.2) is 71.7 Å². The second kappa shape index (κ2) is 17.5. The molecule has 2 amide bonds. The van der Waals surface area contributed by atoms with Crippen LogP contribution < -0.4 is 21.0 Å². The van der Waals surface area contributed by atoms with Crippen molar-refractivity contribution in [3.05, 3.63) is 99.6 Å². The molecule has 3 N–H and O–H groups in total. The van der Waals surface area contributed by atoms with Gasteiger partial charge in [-0.15, -0.1) is 0 Å². The molecule has 0 saturated carbocycles. The number of fused-ring (bicyclic) bond motifs is 4. The van der Waals surface area contributed by atoms with Crippen LogP contribution in [-0.4, -0.2) is 111 Å². The molecule has 3 aromatic carbocycles. The SMILES string of the molecule is CCn1cc(C(=O)O)c(=O)c2cc(F)c(N3CCN(CCNC(=O)COCCOCCNC(=O)OCC4c5ccccc5-c5ccccc54)CC3)cc21. The number of aryl methyl sites for hydroxylation is 1. The number of alkyl carbamates (subject to hydrolysis) is 1. The molecule has 2 aliphatic rings. The van der Waals surface area contributed by atoms with Crippen molar-refractivity contribution in [2.45, 2.75) is 19.4 Å². The molecule has 4 aromatic rings. The molecule has 1 aliphatic carbocycles. The summed E-state index contributed by atoms with van der Waals surface area (Å²) in [6, 6.07) is 19.1. The molecule has 14 heteroatoms. The molecule has 0 atom stereocenters. The van der Waals surface area contributed by atoms with E-state index in [2.05, 4.69) is 39.8 Å². The van der Waals surface area contributed by atoms with Crippen LogP contribution in [0.5, 0.6) is 0 Å². The molecule has 53 heavy (non-hydrogen) atoms. The average Bonchev–Trinajstić information content (AvgIpc) is 3.48. The molecule has 2 heterocycles. The third kappa shape index (κ3) is 8.84. The number of carboxylic acids is 1. The molecular formula is C39H44FN5O8. The Morgan fingerprint density at radius 2 is 1.57 bits per heavy atom. The van der Waals surface area contributed by atoms with E-state index >= 15 is 4.39 Å². The van der Waals surface area contributed by atoms with Crippen LogP contribution in [0.3, 0.4) is 0 Å². The number of amides is 2. The molecule has 0 radical (unpaired) electrons. The van der Waals surface area contributed by atoms with Gasteiger partial charge in [-0.3, -0.25) is 14.5 Å². The van der Waals surface area contributed by atoms with Crippen molar-refractivity contribution in [1.82, 2.24) is 20.1 Å². The van der Waals surface area contributed by atoms with Crippen LogP contribution in [0, 0.1) is 5.82 Å². The lowest BCUT2D eigenvalue weighted by Crippen LogP contribution is -2.49. The summed E-state index contributed by atoms with van der Waals surface area (Å²) in [7, 11) is 0. The van der Waals surface area contributed by atoms with Gasteiger partial charge in [-0.2, -0.15) is 0 Å². The second-order valence-corrected chi connectivity index (χ2v) is 12.9. The van der Waals surface area contributed by atoms with Crippen LogP contribution in [0.1, 0.15) is 34.3 Å². The minimum atomic E-state index is -1.34. The molecule has 1 aliphatic heterocycles. The number of carbonyl (C=O) groups is 3. The van der Waals surface area contributed by atoms with Gasteiger partial charge < -0.3 is 39.4 Å². The van der Waals surface area contributed by atoms with E-state index in [0.717, 1.165) is 17.2 Å². The number of hydrogen-bond acceptors (Lipinski definition) is 9. The largest absolute Gasteiger partial charge is 0.477 e. The first-order valence-electron chi connectivity index (χ1n) is 17.8. The first kappa shape index (κ1) is 37.4. The number of aromatic nitrogens is 1. The van der Waals surface area contributed by atoms with E-state index in [1.54, 1.807) is 10.6 Å². The molecular weight excluding hydrogens is 685 g/mol. The topological polar surface area (TPSA) is 152 Å². The third-order valence-corrected chi connectivity index (χ3v) is 9.65. The fourth-order valence-corrected chi connectivity index (χ4v) is 6.93. The van der Waals surface area contributed by atoms with E-state index < -0.39 is 23.3 Å². The van der Waals surface area contributed by atoms with Crippen molar-refractivity contribution in [3.63, 3.8) is 0 Å². The van der Waals surface area contributed by atoms with Gasteiger partial charge in [0.25, 0.3) is 0 Å². The fraction of sp³-hybridized carbons (Fsp3) is 0.385. The lowest BCUT2D eigenvalue weighted by Gasteiger charge is -2.36. The number of aromatic carboxylic acids is 1. The highest BCUT2D eigenvalue weighted by Gasteiger charge is 2.29. The number of benzene rings is 3. The normalized spacial score (nSPS) is 14.2. The highest BCUT2D eigenvalue weighted by molar-refractivity contribution is 5.93. The lowest BCUT2D eigenvalue weighted by molar-refractivity contribution is -0.126. The summed E-state index contributed by atoms with van der Waals surface area (Å²) < 4.78 is 33.3. The summed E-state index contributed by atoms with van der Waals surface area (Å²) in [4.78, 5) is 52.8. The summed E-state index contributed by atoms with van der Waals surface area (Å²) in [5, 5.41) is 15.0. The standard InChI is InChI=1S/C39H44FN5O8/c1-2-44-23-31(38(48)49)37(47)30-21-33(40)35(22-34(30)44)45-16-14-43(15-17-45)13-11-41-36(46)25-52-20-19-51-18-12-42-39(50)53-24-32-28-9-5-3-7-26(28)27-8-4-6-10-29(27)32/h3-10,21-23,32H,2,11-20,24-25H2,1H3,(H,41,46)(H,42,50)(H,48,49). The van der Waals surface area contributed by atoms with E-state index in [1.165, 1.54) is 17.3 Å². The van der Waals surface area contributed by atoms with E-state index in [1.807, 2.05) is 36.1 Å². The van der Waals surface area contributed by atoms with Crippen LogP contribution >= 0.6 is 0 Å². The summed E-state index contributed by atoms with van der Waals surface area (Å²) in [5.41, 5.74) is 4.41. The molecule has 280 valence electrons. The van der Waals surface area contributed by atoms with Gasteiger partial charge in [0.15, 0.2) is 0 Å². The first-order chi connectivity index (χ1) is 25.7. The Hall–Kier alpha value is -5.31. The zero-order chi connectivity index (χ0) is 37.3. The van der Waals surface area contributed by atoms with Gasteiger partial charge in [-0.05, 0) is 41.3 Å². The number of halogens is 1. The van der Waals surface area contributed by atoms with Gasteiger partial charge in [-0.25, -0.2) is 14.0 Å². The maximum Gasteiger partial charge on any atom is 0.407 e. The quantitative estimate of drug-likeness (QED) is 0.146. The van der Waals surface area contributed by atoms with Crippen LogP contribution in [0.25, 0.3) is 22.0 Å². The van der Waals surface area contributed by atoms with E-state index in [4.69, 9.17) is 14.2 Å². The number of rotatable bonds is 16. The van der Waals surface area contributed by atoms with Crippen LogP contribution in [-0.2, 0) is 25.5 Å². The number of carboxylic acid groups (broad SMARTS) is 1. The van der Waals surface area contributed by atoms with Crippen molar-refractivity contribution in [2.24, 2.45) is 0 Å². The summed E-state index contributed by atoms with van der Waals surface area (Å²) in [6.45, 7) is 6.86. The third-order valence-electron chi connectivity index (χ3n) is 9.65. The van der Waals surface area contributed by atoms with Crippen LogP contribution in [0.2, 0.25) is 0 Å². The van der Waals surface area contributed by atoms with Gasteiger partial charge in [0, 0.05) is 69.9 Å². The number of pyridine rings is 1. The van der Waals surface area contributed by atoms with Gasteiger partial charge in [0.1, 0.15) is 24.6 Å². The molecule has 0 unspecified atom stereocenters. The molecule has 1 aromatic heterocycles. The molecule has 1 fully saturated rings. The zero-order valence-electron chi connectivity index (χ0n) is 29.6. The van der Waals surface area contributed by atoms with Crippen LogP contribution in [0.4, 0.5) is 14.9 Å². The average molecular weight is 730 g/mol. The van der Waals surface area contributed by atoms with Gasteiger partial charge in [0.2, 0.25) is 11.3 Å². The number of carbonyl (C=O) groups excluding carboxylic acids is 2. The molecule has 0 bridgehead atoms. The number of hydrogen-bond donors (Lipinski definition) is 3. The molecule has 1 saturated heterocycles. The summed E-state index contributed by atoms with van der Waals surface area (Å²) in [6.07, 6.45) is 0.796. The Labute approximate surface area is 306 Å².